The summed E-state index contributed by atoms with van der Waals surface area (Å²) in [6.45, 7) is 2.06. The summed E-state index contributed by atoms with van der Waals surface area (Å²) in [4.78, 5) is 0. The zero-order valence-electron chi connectivity index (χ0n) is 9.50. The third kappa shape index (κ3) is 4.27. The minimum Gasteiger partial charge on any atom is -0.318 e. The molecule has 1 aromatic carbocycles. The second-order valence-electron chi connectivity index (χ2n) is 3.64. The van der Waals surface area contributed by atoms with Crippen LogP contribution < -0.4 is 10.0 Å². The van der Waals surface area contributed by atoms with E-state index in [1.807, 2.05) is 22.6 Å². The van der Waals surface area contributed by atoms with Crippen LogP contribution in [-0.4, -0.2) is 27.3 Å². The van der Waals surface area contributed by atoms with E-state index in [4.69, 9.17) is 11.6 Å². The number of rotatable bonds is 5. The molecule has 1 aromatic rings. The van der Waals surface area contributed by atoms with Crippen LogP contribution in [0.2, 0.25) is 5.02 Å². The summed E-state index contributed by atoms with van der Waals surface area (Å²) >= 11 is 7.85. The molecule has 7 heteroatoms. The van der Waals surface area contributed by atoms with E-state index in [9.17, 15) is 8.42 Å². The van der Waals surface area contributed by atoms with Crippen molar-refractivity contribution < 1.29 is 8.42 Å². The average molecular weight is 389 g/mol. The molecule has 17 heavy (non-hydrogen) atoms. The van der Waals surface area contributed by atoms with Gasteiger partial charge in [-0.3, -0.25) is 4.72 Å². The molecule has 0 aromatic heterocycles. The van der Waals surface area contributed by atoms with Gasteiger partial charge in [-0.2, -0.15) is 0 Å². The first-order chi connectivity index (χ1) is 7.86. The SMILES string of the molecule is CNCC(C)S(=O)(=O)Nc1ccc(Cl)cc1I. The monoisotopic (exact) mass is 388 g/mol. The van der Waals surface area contributed by atoms with Crippen molar-refractivity contribution in [1.82, 2.24) is 5.32 Å². The Morgan fingerprint density at radius 2 is 2.12 bits per heavy atom. The van der Waals surface area contributed by atoms with Crippen LogP contribution in [0.15, 0.2) is 18.2 Å². The smallest absolute Gasteiger partial charge is 0.236 e. The summed E-state index contributed by atoms with van der Waals surface area (Å²) in [5.41, 5.74) is 0.554. The van der Waals surface area contributed by atoms with Crippen molar-refractivity contribution in [2.45, 2.75) is 12.2 Å². The topological polar surface area (TPSA) is 58.2 Å². The van der Waals surface area contributed by atoms with Crippen molar-refractivity contribution in [3.63, 3.8) is 0 Å². The third-order valence-corrected chi connectivity index (χ3v) is 5.06. The van der Waals surface area contributed by atoms with E-state index < -0.39 is 15.3 Å². The fourth-order valence-corrected chi connectivity index (χ4v) is 3.48. The zero-order valence-corrected chi connectivity index (χ0v) is 13.2. The summed E-state index contributed by atoms with van der Waals surface area (Å²) in [7, 11) is -1.65. The highest BCUT2D eigenvalue weighted by Crippen LogP contribution is 2.23. The predicted molar refractivity (Wildman–Crippen MR) is 80.1 cm³/mol. The average Bonchev–Trinajstić information content (AvgIpc) is 2.22. The molecular formula is C10H14ClIN2O2S. The fourth-order valence-electron chi connectivity index (χ4n) is 1.22. The Kier molecular flexibility index (Phi) is 5.49. The van der Waals surface area contributed by atoms with Gasteiger partial charge in [0.1, 0.15) is 0 Å². The maximum atomic E-state index is 11.9. The second kappa shape index (κ2) is 6.21. The second-order valence-corrected chi connectivity index (χ2v) is 7.34. The molecular weight excluding hydrogens is 375 g/mol. The number of anilines is 1. The Hall–Kier alpha value is -0.0500. The molecule has 0 saturated carbocycles. The molecule has 2 N–H and O–H groups in total. The number of hydrogen-bond donors (Lipinski definition) is 2. The van der Waals surface area contributed by atoms with Crippen LogP contribution in [0.1, 0.15) is 6.92 Å². The van der Waals surface area contributed by atoms with Gasteiger partial charge in [0.05, 0.1) is 10.9 Å². The summed E-state index contributed by atoms with van der Waals surface area (Å²) in [6.07, 6.45) is 0. The van der Waals surface area contributed by atoms with Gasteiger partial charge in [-0.05, 0) is 54.8 Å². The van der Waals surface area contributed by atoms with Gasteiger partial charge in [-0.15, -0.1) is 0 Å². The maximum absolute atomic E-state index is 11.9. The van der Waals surface area contributed by atoms with E-state index >= 15 is 0 Å². The molecule has 1 rings (SSSR count). The van der Waals surface area contributed by atoms with Crippen molar-refractivity contribution in [3.05, 3.63) is 26.8 Å². The fraction of sp³-hybridized carbons (Fsp3) is 0.400. The van der Waals surface area contributed by atoms with Gasteiger partial charge < -0.3 is 5.32 Å². The normalized spacial score (nSPS) is 13.4. The molecule has 1 unspecified atom stereocenters. The predicted octanol–water partition coefficient (Wildman–Crippen LogP) is 2.29. The molecule has 0 amide bonds. The van der Waals surface area contributed by atoms with Crippen molar-refractivity contribution in [3.8, 4) is 0 Å². The first-order valence-corrected chi connectivity index (χ1v) is 7.98. The highest BCUT2D eigenvalue weighted by Gasteiger charge is 2.20. The van der Waals surface area contributed by atoms with Crippen LogP contribution in [0.3, 0.4) is 0 Å². The number of nitrogens with one attached hydrogen (secondary N) is 2. The largest absolute Gasteiger partial charge is 0.318 e. The number of sulfonamides is 1. The lowest BCUT2D eigenvalue weighted by atomic mass is 10.3. The van der Waals surface area contributed by atoms with Crippen LogP contribution in [0.4, 0.5) is 5.69 Å². The molecule has 96 valence electrons. The molecule has 0 fully saturated rings. The Bertz CT molecular complexity index is 493. The van der Waals surface area contributed by atoms with Gasteiger partial charge in [0, 0.05) is 15.1 Å². The molecule has 0 aliphatic rings. The molecule has 1 atom stereocenters. The van der Waals surface area contributed by atoms with Crippen molar-refractivity contribution >= 4 is 49.9 Å². The van der Waals surface area contributed by atoms with Gasteiger partial charge in [0.25, 0.3) is 0 Å². The van der Waals surface area contributed by atoms with Crippen molar-refractivity contribution in [2.75, 3.05) is 18.3 Å². The molecule has 4 nitrogen and oxygen atoms in total. The number of hydrogen-bond acceptors (Lipinski definition) is 3. The van der Waals surface area contributed by atoms with Gasteiger partial charge >= 0.3 is 0 Å². The molecule has 0 spiro atoms. The maximum Gasteiger partial charge on any atom is 0.236 e. The molecule has 0 bridgehead atoms. The zero-order chi connectivity index (χ0) is 13.1. The van der Waals surface area contributed by atoms with E-state index in [0.717, 1.165) is 3.57 Å². The van der Waals surface area contributed by atoms with E-state index in [1.54, 1.807) is 32.2 Å². The lowest BCUT2D eigenvalue weighted by Crippen LogP contribution is -2.33. The first-order valence-electron chi connectivity index (χ1n) is 4.98. The molecule has 0 aliphatic heterocycles. The minimum absolute atomic E-state index is 0.402. The van der Waals surface area contributed by atoms with Crippen LogP contribution >= 0.6 is 34.2 Å². The Morgan fingerprint density at radius 1 is 1.47 bits per heavy atom. The van der Waals surface area contributed by atoms with Gasteiger partial charge in [-0.1, -0.05) is 11.6 Å². The third-order valence-electron chi connectivity index (χ3n) is 2.20. The van der Waals surface area contributed by atoms with E-state index in [1.165, 1.54) is 0 Å². The van der Waals surface area contributed by atoms with Crippen LogP contribution in [-0.2, 0) is 10.0 Å². The van der Waals surface area contributed by atoms with E-state index in [2.05, 4.69) is 10.0 Å². The Balaban J connectivity index is 2.90. The van der Waals surface area contributed by atoms with Gasteiger partial charge in [0.2, 0.25) is 10.0 Å². The van der Waals surface area contributed by atoms with Gasteiger partial charge in [-0.25, -0.2) is 8.42 Å². The van der Waals surface area contributed by atoms with Gasteiger partial charge in [0.15, 0.2) is 0 Å². The lowest BCUT2D eigenvalue weighted by Gasteiger charge is -2.15. The molecule has 0 radical (unpaired) electrons. The number of halogens is 2. The van der Waals surface area contributed by atoms with E-state index in [-0.39, 0.29) is 0 Å². The summed E-state index contributed by atoms with van der Waals surface area (Å²) in [5, 5.41) is 2.92. The standard InChI is InChI=1S/C10H14ClIN2O2S/c1-7(6-13-2)17(15,16)14-10-4-3-8(11)5-9(10)12/h3-5,7,13-14H,6H2,1-2H3. The van der Waals surface area contributed by atoms with Crippen molar-refractivity contribution in [2.24, 2.45) is 0 Å². The summed E-state index contributed by atoms with van der Waals surface area (Å²) in [5.74, 6) is 0. The summed E-state index contributed by atoms with van der Waals surface area (Å²) < 4.78 is 27.2. The highest BCUT2D eigenvalue weighted by molar-refractivity contribution is 14.1. The number of benzene rings is 1. The molecule has 0 aliphatic carbocycles. The molecule has 0 heterocycles. The van der Waals surface area contributed by atoms with Crippen LogP contribution in [0, 0.1) is 3.57 Å². The van der Waals surface area contributed by atoms with E-state index in [0.29, 0.717) is 17.3 Å². The Morgan fingerprint density at radius 3 is 2.65 bits per heavy atom. The summed E-state index contributed by atoms with van der Waals surface area (Å²) in [6, 6.07) is 5.03. The highest BCUT2D eigenvalue weighted by atomic mass is 127. The molecule has 0 saturated heterocycles. The van der Waals surface area contributed by atoms with Crippen LogP contribution in [0.5, 0.6) is 0 Å². The van der Waals surface area contributed by atoms with Crippen LogP contribution in [0.25, 0.3) is 0 Å². The minimum atomic E-state index is -3.37. The van der Waals surface area contributed by atoms with Crippen molar-refractivity contribution in [1.29, 1.82) is 0 Å². The Labute approximate surface area is 120 Å². The lowest BCUT2D eigenvalue weighted by molar-refractivity contribution is 0.583. The first kappa shape index (κ1) is 15.0. The quantitative estimate of drug-likeness (QED) is 0.761.